The quantitative estimate of drug-likeness (QED) is 0.723. The predicted molar refractivity (Wildman–Crippen MR) is 126 cm³/mol. The lowest BCUT2D eigenvalue weighted by atomic mass is 9.70. The fourth-order valence-corrected chi connectivity index (χ4v) is 5.14. The van der Waals surface area contributed by atoms with Gasteiger partial charge in [-0.1, -0.05) is 37.8 Å². The Balaban J connectivity index is 1.68. The second kappa shape index (κ2) is 8.23. The summed E-state index contributed by atoms with van der Waals surface area (Å²) in [5, 5.41) is 9.37. The van der Waals surface area contributed by atoms with Crippen LogP contribution >= 0.6 is 0 Å². The molecule has 0 radical (unpaired) electrons. The first-order chi connectivity index (χ1) is 16.0. The van der Waals surface area contributed by atoms with Crippen LogP contribution in [0.1, 0.15) is 57.8 Å². The number of H-pyrrole nitrogens is 1. The van der Waals surface area contributed by atoms with Crippen molar-refractivity contribution in [3.63, 3.8) is 0 Å². The number of nitrogens with zero attached hydrogens (tertiary/aromatic N) is 2. The molecule has 1 aromatic heterocycles. The number of hydrogen-bond donors (Lipinski definition) is 1. The van der Waals surface area contributed by atoms with Crippen molar-refractivity contribution in [3.05, 3.63) is 57.4 Å². The smallest absolute Gasteiger partial charge is 0.195 e. The van der Waals surface area contributed by atoms with Gasteiger partial charge in [-0.2, -0.15) is 5.26 Å². The minimum atomic E-state index is -0.397. The van der Waals surface area contributed by atoms with Gasteiger partial charge in [0, 0.05) is 60.1 Å². The minimum Gasteiger partial charge on any atom is -0.378 e. The molecule has 0 spiro atoms. The van der Waals surface area contributed by atoms with Crippen LogP contribution in [-0.4, -0.2) is 50.8 Å². The van der Waals surface area contributed by atoms with Crippen molar-refractivity contribution in [3.8, 4) is 17.9 Å². The molecule has 1 aromatic carbocycles. The third-order valence-electron chi connectivity index (χ3n) is 6.90. The number of methoxy groups -OCH3 is 1. The van der Waals surface area contributed by atoms with Crippen LogP contribution in [-0.2, 0) is 21.3 Å². The SMILES string of the molecule is COCC#Cc1cc2c(cc1N1CCOCC1)C(C)(C)c1[nH]c3c(c1C2=O)C=CC(C#N)C3. The number of carbonyl (C=O) groups excluding carboxylic acids is 1. The van der Waals surface area contributed by atoms with E-state index < -0.39 is 5.41 Å². The summed E-state index contributed by atoms with van der Waals surface area (Å²) in [5.41, 5.74) is 6.72. The van der Waals surface area contributed by atoms with Crippen LogP contribution in [0, 0.1) is 29.1 Å². The number of fused-ring (bicyclic) bond motifs is 4. The Bertz CT molecular complexity index is 1260. The standard InChI is InChI=1S/C27H27N3O3/c1-27(2)21-15-23(30-8-11-33-12-9-30)18(5-4-10-32-3)14-20(21)25(31)24-19-7-6-17(16-28)13-22(19)29-26(24)27/h6-7,14-15,17,29H,8-13H2,1-3H3. The molecule has 1 saturated heterocycles. The lowest BCUT2D eigenvalue weighted by molar-refractivity contribution is 0.103. The van der Waals surface area contributed by atoms with Gasteiger partial charge in [0.2, 0.25) is 0 Å². The molecule has 2 aromatic rings. The zero-order chi connectivity index (χ0) is 23.2. The predicted octanol–water partition coefficient (Wildman–Crippen LogP) is 3.43. The van der Waals surface area contributed by atoms with E-state index in [0.717, 1.165) is 52.4 Å². The number of anilines is 1. The lowest BCUT2D eigenvalue weighted by Crippen LogP contribution is -2.37. The molecule has 2 heterocycles. The molecule has 6 heteroatoms. The number of ketones is 1. The molecule has 2 aliphatic carbocycles. The monoisotopic (exact) mass is 441 g/mol. The maximum Gasteiger partial charge on any atom is 0.195 e. The fraction of sp³-hybridized carbons (Fsp3) is 0.407. The normalized spacial score (nSPS) is 20.2. The summed E-state index contributed by atoms with van der Waals surface area (Å²) in [7, 11) is 1.62. The Labute approximate surface area is 194 Å². The third-order valence-corrected chi connectivity index (χ3v) is 6.90. The number of nitrogens with one attached hydrogen (secondary N) is 1. The van der Waals surface area contributed by atoms with E-state index in [1.165, 1.54) is 0 Å². The summed E-state index contributed by atoms with van der Waals surface area (Å²) >= 11 is 0. The molecule has 1 aliphatic heterocycles. The number of allylic oxidation sites excluding steroid dienone is 1. The molecule has 5 rings (SSSR count). The Morgan fingerprint density at radius 1 is 1.30 bits per heavy atom. The minimum absolute atomic E-state index is 0.0141. The van der Waals surface area contributed by atoms with Crippen molar-refractivity contribution in [2.45, 2.75) is 25.7 Å². The van der Waals surface area contributed by atoms with E-state index in [1.807, 2.05) is 18.2 Å². The molecular weight excluding hydrogens is 414 g/mol. The first-order valence-electron chi connectivity index (χ1n) is 11.3. The van der Waals surface area contributed by atoms with Gasteiger partial charge in [-0.25, -0.2) is 0 Å². The maximum atomic E-state index is 13.8. The van der Waals surface area contributed by atoms with E-state index >= 15 is 0 Å². The van der Waals surface area contributed by atoms with Gasteiger partial charge in [0.15, 0.2) is 5.78 Å². The molecule has 0 bridgehead atoms. The highest BCUT2D eigenvalue weighted by Gasteiger charge is 2.42. The number of aromatic amines is 1. The molecular formula is C27H27N3O3. The fourth-order valence-electron chi connectivity index (χ4n) is 5.14. The first kappa shape index (κ1) is 21.5. The second-order valence-corrected chi connectivity index (χ2v) is 9.27. The summed E-state index contributed by atoms with van der Waals surface area (Å²) < 4.78 is 10.7. The molecule has 6 nitrogen and oxygen atoms in total. The van der Waals surface area contributed by atoms with E-state index in [-0.39, 0.29) is 11.7 Å². The Hall–Kier alpha value is -3.32. The van der Waals surface area contributed by atoms with Gasteiger partial charge in [0.05, 0.1) is 36.5 Å². The van der Waals surface area contributed by atoms with Gasteiger partial charge in [0.25, 0.3) is 0 Å². The van der Waals surface area contributed by atoms with Crippen LogP contribution in [0.25, 0.3) is 6.08 Å². The highest BCUT2D eigenvalue weighted by Crippen LogP contribution is 2.46. The topological polar surface area (TPSA) is 78.3 Å². The van der Waals surface area contributed by atoms with E-state index in [1.54, 1.807) is 7.11 Å². The van der Waals surface area contributed by atoms with Crippen molar-refractivity contribution >= 4 is 17.5 Å². The van der Waals surface area contributed by atoms with E-state index in [2.05, 4.69) is 47.7 Å². The molecule has 168 valence electrons. The number of benzene rings is 1. The Kier molecular flexibility index (Phi) is 5.37. The number of nitriles is 1. The summed E-state index contributed by atoms with van der Waals surface area (Å²) in [5.74, 6) is 6.14. The zero-order valence-corrected chi connectivity index (χ0v) is 19.2. The van der Waals surface area contributed by atoms with E-state index in [9.17, 15) is 10.1 Å². The number of carbonyl (C=O) groups is 1. The van der Waals surface area contributed by atoms with Crippen molar-refractivity contribution in [2.75, 3.05) is 44.9 Å². The van der Waals surface area contributed by atoms with Crippen LogP contribution in [0.5, 0.6) is 0 Å². The van der Waals surface area contributed by atoms with Crippen LogP contribution in [0.15, 0.2) is 18.2 Å². The molecule has 33 heavy (non-hydrogen) atoms. The van der Waals surface area contributed by atoms with Crippen LogP contribution in [0.3, 0.4) is 0 Å². The first-order valence-corrected chi connectivity index (χ1v) is 11.3. The van der Waals surface area contributed by atoms with Crippen molar-refractivity contribution in [1.29, 1.82) is 5.26 Å². The average molecular weight is 442 g/mol. The van der Waals surface area contributed by atoms with Gasteiger partial charge in [-0.05, 0) is 17.7 Å². The van der Waals surface area contributed by atoms with Gasteiger partial charge in [0.1, 0.15) is 6.61 Å². The average Bonchev–Trinajstić information content (AvgIpc) is 3.23. The van der Waals surface area contributed by atoms with Gasteiger partial charge in [-0.15, -0.1) is 0 Å². The molecule has 0 amide bonds. The number of hydrogen-bond acceptors (Lipinski definition) is 5. The van der Waals surface area contributed by atoms with Gasteiger partial charge >= 0.3 is 0 Å². The molecule has 1 N–H and O–H groups in total. The zero-order valence-electron chi connectivity index (χ0n) is 19.2. The molecule has 1 unspecified atom stereocenters. The van der Waals surface area contributed by atoms with Crippen LogP contribution in [0.4, 0.5) is 5.69 Å². The summed E-state index contributed by atoms with van der Waals surface area (Å²) in [4.78, 5) is 19.6. The molecule has 1 fully saturated rings. The van der Waals surface area contributed by atoms with E-state index in [0.29, 0.717) is 31.8 Å². The van der Waals surface area contributed by atoms with Crippen LogP contribution in [0.2, 0.25) is 0 Å². The van der Waals surface area contributed by atoms with Crippen molar-refractivity contribution < 1.29 is 14.3 Å². The highest BCUT2D eigenvalue weighted by atomic mass is 16.5. The number of aromatic nitrogens is 1. The summed E-state index contributed by atoms with van der Waals surface area (Å²) in [6, 6.07) is 6.42. The molecule has 0 saturated carbocycles. The second-order valence-electron chi connectivity index (χ2n) is 9.27. The van der Waals surface area contributed by atoms with Crippen LogP contribution < -0.4 is 4.90 Å². The van der Waals surface area contributed by atoms with Crippen molar-refractivity contribution in [2.24, 2.45) is 5.92 Å². The summed E-state index contributed by atoms with van der Waals surface area (Å²) in [6.45, 7) is 7.56. The van der Waals surface area contributed by atoms with Crippen molar-refractivity contribution in [1.82, 2.24) is 4.98 Å². The third kappa shape index (κ3) is 3.47. The van der Waals surface area contributed by atoms with Gasteiger partial charge in [-0.3, -0.25) is 4.79 Å². The highest BCUT2D eigenvalue weighted by molar-refractivity contribution is 6.15. The number of morpholine rings is 1. The number of ether oxygens (including phenoxy) is 2. The van der Waals surface area contributed by atoms with Gasteiger partial charge < -0.3 is 19.4 Å². The molecule has 3 aliphatic rings. The molecule has 1 atom stereocenters. The number of rotatable bonds is 2. The Morgan fingerprint density at radius 3 is 2.82 bits per heavy atom. The lowest BCUT2D eigenvalue weighted by Gasteiger charge is -2.36. The Morgan fingerprint density at radius 2 is 2.09 bits per heavy atom. The maximum absolute atomic E-state index is 13.8. The summed E-state index contributed by atoms with van der Waals surface area (Å²) in [6.07, 6.45) is 4.43. The van der Waals surface area contributed by atoms with E-state index in [4.69, 9.17) is 9.47 Å². The largest absolute Gasteiger partial charge is 0.378 e.